The highest BCUT2D eigenvalue weighted by Crippen LogP contribution is 2.74. The van der Waals surface area contributed by atoms with Crippen LogP contribution in [-0.4, -0.2) is 23.1 Å². The quantitative estimate of drug-likeness (QED) is 0.447. The van der Waals surface area contributed by atoms with Gasteiger partial charge in [0.25, 0.3) is 0 Å². The van der Waals surface area contributed by atoms with Gasteiger partial charge >= 0.3 is 11.9 Å². The second-order valence-electron chi connectivity index (χ2n) is 10.2. The zero-order valence-electron chi connectivity index (χ0n) is 20.3. The number of ether oxygens (including phenoxy) is 2. The molecule has 4 heteroatoms. The van der Waals surface area contributed by atoms with Gasteiger partial charge in [-0.2, -0.15) is 0 Å². The van der Waals surface area contributed by atoms with E-state index in [4.69, 9.17) is 9.47 Å². The van der Waals surface area contributed by atoms with Crippen LogP contribution in [0.15, 0.2) is 84.9 Å². The first-order valence-corrected chi connectivity index (χ1v) is 11.8. The molecule has 174 valence electrons. The van der Waals surface area contributed by atoms with E-state index in [1.807, 2.05) is 62.4 Å². The summed E-state index contributed by atoms with van der Waals surface area (Å²) in [7, 11) is 0. The summed E-state index contributed by atoms with van der Waals surface area (Å²) in [6.07, 6.45) is 0. The second kappa shape index (κ2) is 7.30. The van der Waals surface area contributed by atoms with Gasteiger partial charge in [-0.05, 0) is 55.2 Å². The lowest BCUT2D eigenvalue weighted by molar-refractivity contribution is -0.168. The maximum absolute atomic E-state index is 13.4. The number of rotatable bonds is 4. The highest BCUT2D eigenvalue weighted by Gasteiger charge is 2.83. The molecule has 0 radical (unpaired) electrons. The second-order valence-corrected chi connectivity index (χ2v) is 10.2. The minimum absolute atomic E-state index is 0.0412. The third-order valence-corrected chi connectivity index (χ3v) is 9.28. The monoisotopic (exact) mass is 454 g/mol. The third-order valence-electron chi connectivity index (χ3n) is 9.28. The fourth-order valence-electron chi connectivity index (χ4n) is 6.81. The fourth-order valence-corrected chi connectivity index (χ4v) is 6.81. The third kappa shape index (κ3) is 2.54. The lowest BCUT2D eigenvalue weighted by Crippen LogP contribution is -2.66. The summed E-state index contributed by atoms with van der Waals surface area (Å²) in [5.74, 6) is -0.807. The zero-order chi connectivity index (χ0) is 24.4. The smallest absolute Gasteiger partial charge is 0.338 e. The number of hydrogen-bond acceptors (Lipinski definition) is 4. The maximum atomic E-state index is 13.4. The molecule has 3 aromatic rings. The first-order valence-electron chi connectivity index (χ1n) is 11.8. The molecule has 34 heavy (non-hydrogen) atoms. The molecule has 4 unspecified atom stereocenters. The summed E-state index contributed by atoms with van der Waals surface area (Å²) in [5, 5.41) is 0. The van der Waals surface area contributed by atoms with Crippen molar-refractivity contribution in [1.29, 1.82) is 0 Å². The maximum Gasteiger partial charge on any atom is 0.338 e. The van der Waals surface area contributed by atoms with Gasteiger partial charge in [-0.25, -0.2) is 9.59 Å². The minimum atomic E-state index is -1.13. The van der Waals surface area contributed by atoms with Crippen LogP contribution >= 0.6 is 0 Å². The number of fused-ring (bicyclic) bond motifs is 5. The van der Waals surface area contributed by atoms with Gasteiger partial charge < -0.3 is 9.47 Å². The minimum Gasteiger partial charge on any atom is -0.451 e. The largest absolute Gasteiger partial charge is 0.451 e. The Kier molecular flexibility index (Phi) is 4.81. The van der Waals surface area contributed by atoms with E-state index in [1.54, 1.807) is 24.3 Å². The van der Waals surface area contributed by atoms with E-state index < -0.39 is 34.0 Å². The van der Waals surface area contributed by atoms with Crippen LogP contribution in [0.1, 0.15) is 66.5 Å². The molecule has 0 spiro atoms. The van der Waals surface area contributed by atoms with Crippen molar-refractivity contribution in [2.75, 3.05) is 0 Å². The van der Waals surface area contributed by atoms with Crippen molar-refractivity contribution in [3.8, 4) is 0 Å². The average molecular weight is 455 g/mol. The normalized spacial score (nSPS) is 33.3. The van der Waals surface area contributed by atoms with Crippen LogP contribution in [0, 0.1) is 5.92 Å². The van der Waals surface area contributed by atoms with Crippen LogP contribution in [0.3, 0.4) is 0 Å². The van der Waals surface area contributed by atoms with E-state index in [1.165, 1.54) is 0 Å². The Hall–Kier alpha value is -3.40. The topological polar surface area (TPSA) is 52.6 Å². The standard InChI is InChI=1S/C30H30O4/c1-20-27(2)23-18-12-13-19-24(23)28(20,3)30(5,34-26(32)22-16-10-7-11-17-22)29(27,4)33-25(31)21-14-8-6-9-15-21/h6-20H,1-5H3. The Balaban J connectivity index is 1.69. The van der Waals surface area contributed by atoms with Crippen LogP contribution in [0.25, 0.3) is 0 Å². The molecule has 2 aliphatic rings. The number of carbonyl (C=O) groups is 2. The number of hydrogen-bond donors (Lipinski definition) is 0. The van der Waals surface area contributed by atoms with Crippen LogP contribution < -0.4 is 0 Å². The molecule has 1 saturated carbocycles. The molecule has 2 aliphatic carbocycles. The van der Waals surface area contributed by atoms with E-state index in [0.29, 0.717) is 11.1 Å². The Morgan fingerprint density at radius 2 is 0.912 bits per heavy atom. The first kappa shape index (κ1) is 22.4. The van der Waals surface area contributed by atoms with E-state index in [0.717, 1.165) is 11.1 Å². The summed E-state index contributed by atoms with van der Waals surface area (Å²) in [4.78, 5) is 26.9. The van der Waals surface area contributed by atoms with Gasteiger partial charge in [0.2, 0.25) is 0 Å². The molecule has 1 fully saturated rings. The molecule has 0 heterocycles. The molecule has 0 amide bonds. The van der Waals surface area contributed by atoms with Gasteiger partial charge in [0.05, 0.1) is 11.1 Å². The molecule has 0 saturated heterocycles. The molecule has 3 aromatic carbocycles. The van der Waals surface area contributed by atoms with Crippen LogP contribution in [0.5, 0.6) is 0 Å². The molecule has 0 aliphatic heterocycles. The Bertz CT molecular complexity index is 1170. The van der Waals surface area contributed by atoms with Crippen molar-refractivity contribution < 1.29 is 19.1 Å². The van der Waals surface area contributed by atoms with Crippen molar-refractivity contribution in [3.05, 3.63) is 107 Å². The molecule has 0 N–H and O–H groups in total. The van der Waals surface area contributed by atoms with Gasteiger partial charge in [0, 0.05) is 10.8 Å². The van der Waals surface area contributed by atoms with Gasteiger partial charge in [0.15, 0.2) is 11.2 Å². The summed E-state index contributed by atoms with van der Waals surface area (Å²) in [6.45, 7) is 10.3. The molecule has 5 rings (SSSR count). The molecule has 0 aromatic heterocycles. The van der Waals surface area contributed by atoms with E-state index >= 15 is 0 Å². The summed E-state index contributed by atoms with van der Waals surface area (Å²) in [6, 6.07) is 26.2. The van der Waals surface area contributed by atoms with Crippen LogP contribution in [0.2, 0.25) is 0 Å². The zero-order valence-corrected chi connectivity index (χ0v) is 20.3. The Labute approximate surface area is 200 Å². The van der Waals surface area contributed by atoms with Crippen molar-refractivity contribution >= 4 is 11.9 Å². The molecular formula is C30H30O4. The van der Waals surface area contributed by atoms with E-state index in [9.17, 15) is 9.59 Å². The number of carbonyl (C=O) groups excluding carboxylic acids is 2. The van der Waals surface area contributed by atoms with Crippen LogP contribution in [0.4, 0.5) is 0 Å². The fraction of sp³-hybridized carbons (Fsp3) is 0.333. The summed E-state index contributed by atoms with van der Waals surface area (Å²) >= 11 is 0. The average Bonchev–Trinajstić information content (AvgIpc) is 3.10. The van der Waals surface area contributed by atoms with Gasteiger partial charge in [-0.15, -0.1) is 0 Å². The highest BCUT2D eigenvalue weighted by molar-refractivity contribution is 5.91. The predicted octanol–water partition coefficient (Wildman–Crippen LogP) is 6.10. The highest BCUT2D eigenvalue weighted by atomic mass is 16.6. The molecule has 4 atom stereocenters. The molecular weight excluding hydrogens is 424 g/mol. The van der Waals surface area contributed by atoms with Gasteiger partial charge in [-0.3, -0.25) is 0 Å². The van der Waals surface area contributed by atoms with Gasteiger partial charge in [0.1, 0.15) is 0 Å². The summed E-state index contributed by atoms with van der Waals surface area (Å²) in [5.41, 5.74) is -0.179. The Morgan fingerprint density at radius 3 is 1.26 bits per heavy atom. The van der Waals surface area contributed by atoms with Crippen molar-refractivity contribution in [3.63, 3.8) is 0 Å². The van der Waals surface area contributed by atoms with Crippen molar-refractivity contribution in [1.82, 2.24) is 0 Å². The summed E-state index contributed by atoms with van der Waals surface area (Å²) < 4.78 is 12.9. The van der Waals surface area contributed by atoms with Crippen molar-refractivity contribution in [2.24, 2.45) is 5.92 Å². The molecule has 2 bridgehead atoms. The lowest BCUT2D eigenvalue weighted by Gasteiger charge is -2.54. The number of benzene rings is 3. The predicted molar refractivity (Wildman–Crippen MR) is 131 cm³/mol. The Morgan fingerprint density at radius 1 is 0.588 bits per heavy atom. The molecule has 4 nitrogen and oxygen atoms in total. The van der Waals surface area contributed by atoms with Crippen molar-refractivity contribution in [2.45, 2.75) is 56.7 Å². The SMILES string of the molecule is CC1C2(C)c3ccccc3C1(C)C(C)(OC(=O)c1ccccc1)C2(C)OC(=O)c1ccccc1. The lowest BCUT2D eigenvalue weighted by atomic mass is 9.60. The van der Waals surface area contributed by atoms with Crippen LogP contribution in [-0.2, 0) is 20.3 Å². The van der Waals surface area contributed by atoms with Gasteiger partial charge in [-0.1, -0.05) is 81.4 Å². The van der Waals surface area contributed by atoms with E-state index in [-0.39, 0.29) is 5.92 Å². The number of esters is 2. The first-order chi connectivity index (χ1) is 16.1. The van der Waals surface area contributed by atoms with E-state index in [2.05, 4.69) is 32.9 Å².